The number of benzene rings is 1. The first-order valence-corrected chi connectivity index (χ1v) is 5.05. The Kier molecular flexibility index (Phi) is 2.80. The van der Waals surface area contributed by atoms with E-state index in [0.29, 0.717) is 5.92 Å². The molecular formula is C12H13F2. The number of halogens is 2. The second-order valence-electron chi connectivity index (χ2n) is 3.80. The number of hydrogen-bond donors (Lipinski definition) is 0. The van der Waals surface area contributed by atoms with E-state index in [1.54, 1.807) is 6.07 Å². The van der Waals surface area contributed by atoms with Gasteiger partial charge in [-0.15, -0.1) is 0 Å². The van der Waals surface area contributed by atoms with Crippen LogP contribution in [-0.2, 0) is 0 Å². The Hall–Kier alpha value is -0.920. The lowest BCUT2D eigenvalue weighted by atomic mass is 9.84. The lowest BCUT2D eigenvalue weighted by Gasteiger charge is -2.21. The lowest BCUT2D eigenvalue weighted by molar-refractivity contribution is 0.497. The highest BCUT2D eigenvalue weighted by Gasteiger charge is 2.16. The van der Waals surface area contributed by atoms with Crippen molar-refractivity contribution in [3.05, 3.63) is 41.8 Å². The van der Waals surface area contributed by atoms with Gasteiger partial charge in [-0.25, -0.2) is 8.78 Å². The van der Waals surface area contributed by atoms with Crippen molar-refractivity contribution in [1.29, 1.82) is 0 Å². The van der Waals surface area contributed by atoms with Crippen LogP contribution in [0.25, 0.3) is 0 Å². The van der Waals surface area contributed by atoms with Gasteiger partial charge in [0, 0.05) is 0 Å². The van der Waals surface area contributed by atoms with Gasteiger partial charge in [-0.3, -0.25) is 0 Å². The Morgan fingerprint density at radius 2 is 1.93 bits per heavy atom. The van der Waals surface area contributed by atoms with E-state index in [1.807, 2.05) is 0 Å². The molecular weight excluding hydrogens is 182 g/mol. The Balaban J connectivity index is 2.18. The third-order valence-corrected chi connectivity index (χ3v) is 2.79. The summed E-state index contributed by atoms with van der Waals surface area (Å²) in [5.74, 6) is -1.18. The fourth-order valence-electron chi connectivity index (χ4n) is 1.99. The molecule has 0 bridgehead atoms. The topological polar surface area (TPSA) is 0 Å². The molecule has 1 aliphatic rings. The zero-order chi connectivity index (χ0) is 9.97. The first-order chi connectivity index (χ1) is 6.77. The summed E-state index contributed by atoms with van der Waals surface area (Å²) >= 11 is 0. The summed E-state index contributed by atoms with van der Waals surface area (Å²) in [5.41, 5.74) is 0.906. The van der Waals surface area contributed by atoms with Gasteiger partial charge in [-0.05, 0) is 42.9 Å². The second-order valence-corrected chi connectivity index (χ2v) is 3.80. The van der Waals surface area contributed by atoms with Gasteiger partial charge in [0.05, 0.1) is 0 Å². The minimum Gasteiger partial charge on any atom is -0.204 e. The maximum atomic E-state index is 12.9. The van der Waals surface area contributed by atoms with Crippen molar-refractivity contribution < 1.29 is 8.78 Å². The normalized spacial score (nSPS) is 18.4. The average molecular weight is 195 g/mol. The van der Waals surface area contributed by atoms with E-state index in [4.69, 9.17) is 0 Å². The zero-order valence-electron chi connectivity index (χ0n) is 7.97. The van der Waals surface area contributed by atoms with Crippen LogP contribution in [-0.4, -0.2) is 0 Å². The third kappa shape index (κ3) is 1.94. The molecule has 0 amide bonds. The first-order valence-electron chi connectivity index (χ1n) is 5.05. The van der Waals surface area contributed by atoms with Crippen molar-refractivity contribution in [1.82, 2.24) is 0 Å². The molecule has 1 aromatic rings. The van der Waals surface area contributed by atoms with Crippen LogP contribution in [0.2, 0.25) is 0 Å². The fraction of sp³-hybridized carbons (Fsp3) is 0.417. The lowest BCUT2D eigenvalue weighted by Crippen LogP contribution is -2.05. The van der Waals surface area contributed by atoms with Gasteiger partial charge in [0.15, 0.2) is 11.6 Å². The second kappa shape index (κ2) is 4.07. The molecule has 0 spiro atoms. The van der Waals surface area contributed by atoms with Crippen LogP contribution in [0.1, 0.15) is 37.2 Å². The van der Waals surface area contributed by atoms with Gasteiger partial charge in [0.2, 0.25) is 0 Å². The molecule has 1 saturated carbocycles. The van der Waals surface area contributed by atoms with Crippen LogP contribution in [0.15, 0.2) is 18.2 Å². The van der Waals surface area contributed by atoms with Gasteiger partial charge in [-0.2, -0.15) is 0 Å². The summed E-state index contributed by atoms with van der Waals surface area (Å²) in [4.78, 5) is 0. The monoisotopic (exact) mass is 195 g/mol. The minimum atomic E-state index is -0.760. The summed E-state index contributed by atoms with van der Waals surface area (Å²) in [6.45, 7) is 0. The molecule has 1 fully saturated rings. The molecule has 0 aromatic heterocycles. The van der Waals surface area contributed by atoms with Crippen LogP contribution in [0.3, 0.4) is 0 Å². The van der Waals surface area contributed by atoms with Gasteiger partial charge in [0.25, 0.3) is 0 Å². The summed E-state index contributed by atoms with van der Waals surface area (Å²) in [7, 11) is 0. The Bertz CT molecular complexity index is 314. The SMILES string of the molecule is Fc1ccc([C@H]2[CH]CCCC2)cc1F. The minimum absolute atomic E-state index is 0.318. The molecule has 0 nitrogen and oxygen atoms in total. The molecule has 2 heteroatoms. The quantitative estimate of drug-likeness (QED) is 0.639. The van der Waals surface area contributed by atoms with Crippen molar-refractivity contribution in [2.24, 2.45) is 0 Å². The van der Waals surface area contributed by atoms with E-state index in [1.165, 1.54) is 25.0 Å². The summed E-state index contributed by atoms with van der Waals surface area (Å²) in [5, 5.41) is 0. The van der Waals surface area contributed by atoms with E-state index in [0.717, 1.165) is 18.4 Å². The number of rotatable bonds is 1. The third-order valence-electron chi connectivity index (χ3n) is 2.79. The average Bonchev–Trinajstić information content (AvgIpc) is 2.23. The van der Waals surface area contributed by atoms with Crippen molar-refractivity contribution in [3.8, 4) is 0 Å². The number of hydrogen-bond acceptors (Lipinski definition) is 0. The van der Waals surface area contributed by atoms with Gasteiger partial charge < -0.3 is 0 Å². The molecule has 75 valence electrons. The van der Waals surface area contributed by atoms with E-state index < -0.39 is 11.6 Å². The predicted octanol–water partition coefficient (Wildman–Crippen LogP) is 3.83. The fourth-order valence-corrected chi connectivity index (χ4v) is 1.99. The van der Waals surface area contributed by atoms with E-state index in [2.05, 4.69) is 6.42 Å². The zero-order valence-corrected chi connectivity index (χ0v) is 7.97. The Labute approximate surface area is 82.9 Å². The van der Waals surface area contributed by atoms with Crippen LogP contribution in [0.5, 0.6) is 0 Å². The molecule has 1 atom stereocenters. The largest absolute Gasteiger partial charge is 0.204 e. The summed E-state index contributed by atoms with van der Waals surface area (Å²) in [6.07, 6.45) is 6.76. The Morgan fingerprint density at radius 1 is 1.07 bits per heavy atom. The molecule has 2 rings (SSSR count). The van der Waals surface area contributed by atoms with Gasteiger partial charge >= 0.3 is 0 Å². The van der Waals surface area contributed by atoms with E-state index in [9.17, 15) is 8.78 Å². The summed E-state index contributed by atoms with van der Waals surface area (Å²) in [6, 6.07) is 4.22. The maximum Gasteiger partial charge on any atom is 0.159 e. The van der Waals surface area contributed by atoms with Gasteiger partial charge in [-0.1, -0.05) is 18.9 Å². The van der Waals surface area contributed by atoms with Crippen LogP contribution < -0.4 is 0 Å². The molecule has 0 saturated heterocycles. The molecule has 1 aliphatic carbocycles. The maximum absolute atomic E-state index is 12.9. The Morgan fingerprint density at radius 3 is 2.57 bits per heavy atom. The van der Waals surface area contributed by atoms with Crippen LogP contribution in [0.4, 0.5) is 8.78 Å². The van der Waals surface area contributed by atoms with E-state index >= 15 is 0 Å². The smallest absolute Gasteiger partial charge is 0.159 e. The highest BCUT2D eigenvalue weighted by Crippen LogP contribution is 2.32. The first kappa shape index (κ1) is 9.63. The summed E-state index contributed by atoms with van der Waals surface area (Å²) < 4.78 is 25.6. The van der Waals surface area contributed by atoms with E-state index in [-0.39, 0.29) is 0 Å². The van der Waals surface area contributed by atoms with Gasteiger partial charge in [0.1, 0.15) is 0 Å². The van der Waals surface area contributed by atoms with Crippen LogP contribution in [0, 0.1) is 18.1 Å². The molecule has 0 N–H and O–H groups in total. The predicted molar refractivity (Wildman–Crippen MR) is 51.9 cm³/mol. The molecule has 0 heterocycles. The molecule has 0 unspecified atom stereocenters. The highest BCUT2D eigenvalue weighted by atomic mass is 19.2. The van der Waals surface area contributed by atoms with Crippen molar-refractivity contribution >= 4 is 0 Å². The highest BCUT2D eigenvalue weighted by molar-refractivity contribution is 5.24. The molecule has 1 radical (unpaired) electrons. The molecule has 1 aromatic carbocycles. The van der Waals surface area contributed by atoms with Crippen molar-refractivity contribution in [2.45, 2.75) is 31.6 Å². The van der Waals surface area contributed by atoms with Crippen LogP contribution >= 0.6 is 0 Å². The molecule has 14 heavy (non-hydrogen) atoms. The molecule has 0 aliphatic heterocycles. The van der Waals surface area contributed by atoms with Crippen molar-refractivity contribution in [3.63, 3.8) is 0 Å². The standard InChI is InChI=1S/C12H13F2/c13-11-7-6-10(8-12(11)14)9-4-2-1-3-5-9/h4,6-9H,1-3,5H2/t9-/m0/s1. The van der Waals surface area contributed by atoms with Crippen molar-refractivity contribution in [2.75, 3.05) is 0 Å².